The first-order valence-corrected chi connectivity index (χ1v) is 6.49. The van der Waals surface area contributed by atoms with Gasteiger partial charge >= 0.3 is 0 Å². The standard InChI is InChI=1S/C13H15N3OS/c1-3-6-14-8-13(17)16-10-4-5-11-12(7-10)18-9(2)15-11/h3-5,7,14H,1,6,8H2,2H3,(H,16,17). The second kappa shape index (κ2) is 5.75. The van der Waals surface area contributed by atoms with E-state index in [1.807, 2.05) is 25.1 Å². The predicted octanol–water partition coefficient (Wildman–Crippen LogP) is 2.32. The predicted molar refractivity (Wildman–Crippen MR) is 76.1 cm³/mol. The van der Waals surface area contributed by atoms with E-state index < -0.39 is 0 Å². The summed E-state index contributed by atoms with van der Waals surface area (Å²) in [6.07, 6.45) is 1.72. The molecule has 5 heteroatoms. The number of thiazole rings is 1. The Kier molecular flexibility index (Phi) is 4.07. The van der Waals surface area contributed by atoms with Crippen LogP contribution in [0, 0.1) is 6.92 Å². The fraction of sp³-hybridized carbons (Fsp3) is 0.231. The Hall–Kier alpha value is -1.72. The van der Waals surface area contributed by atoms with E-state index in [0.717, 1.165) is 20.9 Å². The van der Waals surface area contributed by atoms with Gasteiger partial charge in [0.15, 0.2) is 0 Å². The van der Waals surface area contributed by atoms with Gasteiger partial charge in [0.1, 0.15) is 0 Å². The van der Waals surface area contributed by atoms with Crippen molar-refractivity contribution in [2.75, 3.05) is 18.4 Å². The maximum Gasteiger partial charge on any atom is 0.238 e. The summed E-state index contributed by atoms with van der Waals surface area (Å²) in [7, 11) is 0. The van der Waals surface area contributed by atoms with E-state index in [2.05, 4.69) is 22.2 Å². The molecule has 0 unspecified atom stereocenters. The maximum absolute atomic E-state index is 11.6. The fourth-order valence-electron chi connectivity index (χ4n) is 1.61. The van der Waals surface area contributed by atoms with Gasteiger partial charge in [0.2, 0.25) is 5.91 Å². The molecule has 1 heterocycles. The summed E-state index contributed by atoms with van der Waals surface area (Å²) in [5.41, 5.74) is 1.77. The molecule has 0 atom stereocenters. The summed E-state index contributed by atoms with van der Waals surface area (Å²) >= 11 is 1.62. The van der Waals surface area contributed by atoms with E-state index in [-0.39, 0.29) is 12.5 Å². The van der Waals surface area contributed by atoms with E-state index in [1.165, 1.54) is 0 Å². The lowest BCUT2D eigenvalue weighted by molar-refractivity contribution is -0.115. The van der Waals surface area contributed by atoms with Gasteiger partial charge in [0.05, 0.1) is 21.8 Å². The largest absolute Gasteiger partial charge is 0.325 e. The van der Waals surface area contributed by atoms with Gasteiger partial charge in [-0.2, -0.15) is 0 Å². The van der Waals surface area contributed by atoms with E-state index >= 15 is 0 Å². The monoisotopic (exact) mass is 261 g/mol. The van der Waals surface area contributed by atoms with Gasteiger partial charge in [-0.3, -0.25) is 4.79 Å². The second-order valence-electron chi connectivity index (χ2n) is 3.88. The minimum absolute atomic E-state index is 0.0579. The average Bonchev–Trinajstić information content (AvgIpc) is 2.69. The van der Waals surface area contributed by atoms with Crippen molar-refractivity contribution < 1.29 is 4.79 Å². The zero-order valence-corrected chi connectivity index (χ0v) is 11.0. The van der Waals surface area contributed by atoms with Gasteiger partial charge in [-0.25, -0.2) is 4.98 Å². The van der Waals surface area contributed by atoms with Gasteiger partial charge < -0.3 is 10.6 Å². The molecule has 18 heavy (non-hydrogen) atoms. The number of hydrogen-bond acceptors (Lipinski definition) is 4. The van der Waals surface area contributed by atoms with E-state index in [4.69, 9.17) is 0 Å². The lowest BCUT2D eigenvalue weighted by Gasteiger charge is -2.05. The average molecular weight is 261 g/mol. The van der Waals surface area contributed by atoms with Crippen LogP contribution in [0.5, 0.6) is 0 Å². The zero-order chi connectivity index (χ0) is 13.0. The normalized spacial score (nSPS) is 10.5. The first-order chi connectivity index (χ1) is 8.69. The third-order valence-corrected chi connectivity index (χ3v) is 3.29. The molecule has 0 saturated heterocycles. The molecule has 0 aliphatic heterocycles. The summed E-state index contributed by atoms with van der Waals surface area (Å²) in [6.45, 7) is 6.46. The van der Waals surface area contributed by atoms with Crippen molar-refractivity contribution in [1.29, 1.82) is 0 Å². The lowest BCUT2D eigenvalue weighted by atomic mass is 10.3. The van der Waals surface area contributed by atoms with Crippen LogP contribution >= 0.6 is 11.3 Å². The molecule has 0 spiro atoms. The minimum atomic E-state index is -0.0579. The van der Waals surface area contributed by atoms with Crippen molar-refractivity contribution in [1.82, 2.24) is 10.3 Å². The van der Waals surface area contributed by atoms with Crippen molar-refractivity contribution in [3.05, 3.63) is 35.9 Å². The molecule has 4 nitrogen and oxygen atoms in total. The minimum Gasteiger partial charge on any atom is -0.325 e. The van der Waals surface area contributed by atoms with E-state index in [1.54, 1.807) is 17.4 Å². The molecule has 0 bridgehead atoms. The number of aromatic nitrogens is 1. The van der Waals surface area contributed by atoms with Crippen LogP contribution in [0.1, 0.15) is 5.01 Å². The summed E-state index contributed by atoms with van der Waals surface area (Å²) in [5, 5.41) is 6.83. The van der Waals surface area contributed by atoms with Crippen LogP contribution in [0.25, 0.3) is 10.2 Å². The molecule has 1 aromatic heterocycles. The highest BCUT2D eigenvalue weighted by Crippen LogP contribution is 2.24. The van der Waals surface area contributed by atoms with Crippen LogP contribution in [0.15, 0.2) is 30.9 Å². The molecule has 0 aliphatic carbocycles. The number of amides is 1. The number of nitrogens with one attached hydrogen (secondary N) is 2. The molecule has 2 rings (SSSR count). The number of nitrogens with zero attached hydrogens (tertiary/aromatic N) is 1. The highest BCUT2D eigenvalue weighted by atomic mass is 32.1. The molecule has 94 valence electrons. The number of benzene rings is 1. The van der Waals surface area contributed by atoms with Crippen molar-refractivity contribution in [3.8, 4) is 0 Å². The van der Waals surface area contributed by atoms with Crippen LogP contribution in [-0.4, -0.2) is 24.0 Å². The first-order valence-electron chi connectivity index (χ1n) is 5.67. The number of aryl methyl sites for hydroxylation is 1. The lowest BCUT2D eigenvalue weighted by Crippen LogP contribution is -2.27. The molecular weight excluding hydrogens is 246 g/mol. The third-order valence-electron chi connectivity index (χ3n) is 2.35. The SMILES string of the molecule is C=CCNCC(=O)Nc1ccc2nc(C)sc2c1. The molecule has 2 N–H and O–H groups in total. The molecule has 2 aromatic rings. The topological polar surface area (TPSA) is 54.0 Å². The summed E-state index contributed by atoms with van der Waals surface area (Å²) in [5.74, 6) is -0.0579. The molecule has 1 aromatic carbocycles. The maximum atomic E-state index is 11.6. The Morgan fingerprint density at radius 3 is 3.17 bits per heavy atom. The number of carbonyl (C=O) groups is 1. The highest BCUT2D eigenvalue weighted by Gasteiger charge is 2.04. The molecule has 0 radical (unpaired) electrons. The quantitative estimate of drug-likeness (QED) is 0.641. The molecule has 1 amide bonds. The van der Waals surface area contributed by atoms with E-state index in [9.17, 15) is 4.79 Å². The van der Waals surface area contributed by atoms with Crippen LogP contribution in [0.2, 0.25) is 0 Å². The second-order valence-corrected chi connectivity index (χ2v) is 5.12. The fourth-order valence-corrected chi connectivity index (χ4v) is 2.48. The number of anilines is 1. The smallest absolute Gasteiger partial charge is 0.238 e. The van der Waals surface area contributed by atoms with Gasteiger partial charge in [0.25, 0.3) is 0 Å². The highest BCUT2D eigenvalue weighted by molar-refractivity contribution is 7.18. The molecule has 0 aliphatic rings. The Bertz CT molecular complexity index is 577. The van der Waals surface area contributed by atoms with Gasteiger partial charge in [-0.1, -0.05) is 6.08 Å². The molecule has 0 saturated carbocycles. The van der Waals surface area contributed by atoms with Crippen LogP contribution in [0.4, 0.5) is 5.69 Å². The molecule has 0 fully saturated rings. The Labute approximate surface area is 110 Å². The number of carbonyl (C=O) groups excluding carboxylic acids is 1. The Morgan fingerprint density at radius 2 is 2.39 bits per heavy atom. The van der Waals surface area contributed by atoms with E-state index in [0.29, 0.717) is 6.54 Å². The third kappa shape index (κ3) is 3.15. The van der Waals surface area contributed by atoms with Gasteiger partial charge in [-0.15, -0.1) is 17.9 Å². The van der Waals surface area contributed by atoms with Crippen LogP contribution in [-0.2, 0) is 4.79 Å². The zero-order valence-electron chi connectivity index (χ0n) is 10.2. The van der Waals surface area contributed by atoms with Gasteiger partial charge in [0, 0.05) is 12.2 Å². The van der Waals surface area contributed by atoms with Crippen molar-refractivity contribution >= 4 is 33.1 Å². The van der Waals surface area contributed by atoms with Gasteiger partial charge in [-0.05, 0) is 25.1 Å². The van der Waals surface area contributed by atoms with Crippen LogP contribution < -0.4 is 10.6 Å². The first kappa shape index (κ1) is 12.7. The van der Waals surface area contributed by atoms with Crippen molar-refractivity contribution in [3.63, 3.8) is 0 Å². The number of rotatable bonds is 5. The summed E-state index contributed by atoms with van der Waals surface area (Å²) < 4.78 is 1.09. The molecular formula is C13H15N3OS. The number of hydrogen-bond donors (Lipinski definition) is 2. The summed E-state index contributed by atoms with van der Waals surface area (Å²) in [6, 6.07) is 5.74. The number of fused-ring (bicyclic) bond motifs is 1. The van der Waals surface area contributed by atoms with Crippen molar-refractivity contribution in [2.45, 2.75) is 6.92 Å². The summed E-state index contributed by atoms with van der Waals surface area (Å²) in [4.78, 5) is 16.0. The van der Waals surface area contributed by atoms with Crippen LogP contribution in [0.3, 0.4) is 0 Å². The van der Waals surface area contributed by atoms with Crippen molar-refractivity contribution in [2.24, 2.45) is 0 Å². The Balaban J connectivity index is 2.02. The Morgan fingerprint density at radius 1 is 1.56 bits per heavy atom.